The number of carbonyl (C=O) groups excluding carboxylic acids is 1. The molecule has 1 N–H and O–H groups in total. The molecule has 6 heteroatoms. The maximum Gasteiger partial charge on any atom is 0.276 e. The molecular formula is C20H25N3O3. The first-order valence-corrected chi connectivity index (χ1v) is 9.32. The van der Waals surface area contributed by atoms with Gasteiger partial charge in [0, 0.05) is 18.3 Å². The molecular weight excluding hydrogens is 330 g/mol. The molecule has 1 aromatic carbocycles. The molecule has 1 heterocycles. The van der Waals surface area contributed by atoms with Crippen LogP contribution in [0, 0.1) is 0 Å². The fourth-order valence-electron chi connectivity index (χ4n) is 3.05. The summed E-state index contributed by atoms with van der Waals surface area (Å²) in [5.41, 5.74) is 0.706. The van der Waals surface area contributed by atoms with Crippen molar-refractivity contribution in [3.8, 4) is 5.75 Å². The lowest BCUT2D eigenvalue weighted by Crippen LogP contribution is -2.26. The van der Waals surface area contributed by atoms with Gasteiger partial charge in [0.2, 0.25) is 0 Å². The Hall–Kier alpha value is -2.63. The van der Waals surface area contributed by atoms with E-state index in [9.17, 15) is 9.59 Å². The number of aryl methyl sites for hydroxylation is 1. The average Bonchev–Trinajstić information content (AvgIpc) is 3.15. The minimum absolute atomic E-state index is 0.191. The van der Waals surface area contributed by atoms with Crippen LogP contribution in [0.4, 0.5) is 5.69 Å². The number of nitrogens with one attached hydrogen (secondary N) is 1. The van der Waals surface area contributed by atoms with E-state index in [-0.39, 0.29) is 17.2 Å². The smallest absolute Gasteiger partial charge is 0.276 e. The first-order valence-electron chi connectivity index (χ1n) is 9.32. The van der Waals surface area contributed by atoms with Crippen molar-refractivity contribution in [3.05, 3.63) is 52.4 Å². The van der Waals surface area contributed by atoms with Crippen molar-refractivity contribution in [2.45, 2.75) is 58.1 Å². The van der Waals surface area contributed by atoms with Crippen molar-refractivity contribution in [2.24, 2.45) is 0 Å². The number of aromatic nitrogens is 2. The molecule has 26 heavy (non-hydrogen) atoms. The van der Waals surface area contributed by atoms with Crippen LogP contribution in [0.15, 0.2) is 41.2 Å². The molecule has 0 atom stereocenters. The molecule has 3 rings (SSSR count). The number of hydrogen-bond acceptors (Lipinski definition) is 4. The van der Waals surface area contributed by atoms with E-state index in [1.165, 1.54) is 29.7 Å². The molecule has 0 unspecified atom stereocenters. The number of unbranched alkanes of at least 4 members (excludes halogenated alkanes) is 1. The Labute approximate surface area is 153 Å². The highest BCUT2D eigenvalue weighted by Gasteiger charge is 2.16. The zero-order valence-corrected chi connectivity index (χ0v) is 15.1. The van der Waals surface area contributed by atoms with Crippen LogP contribution >= 0.6 is 0 Å². The highest BCUT2D eigenvalue weighted by molar-refractivity contribution is 6.02. The lowest BCUT2D eigenvalue weighted by atomic mass is 10.2. The topological polar surface area (TPSA) is 73.2 Å². The van der Waals surface area contributed by atoms with Crippen molar-refractivity contribution in [2.75, 3.05) is 5.32 Å². The van der Waals surface area contributed by atoms with Gasteiger partial charge in [0.15, 0.2) is 0 Å². The summed E-state index contributed by atoms with van der Waals surface area (Å²) in [5, 5.41) is 6.97. The third-order valence-electron chi connectivity index (χ3n) is 4.54. The van der Waals surface area contributed by atoms with E-state index in [0.717, 1.165) is 31.4 Å². The van der Waals surface area contributed by atoms with Crippen molar-refractivity contribution in [1.82, 2.24) is 9.78 Å². The third-order valence-corrected chi connectivity index (χ3v) is 4.54. The Morgan fingerprint density at radius 2 is 1.92 bits per heavy atom. The number of rotatable bonds is 7. The molecule has 6 nitrogen and oxygen atoms in total. The maximum atomic E-state index is 12.4. The molecule has 1 aromatic heterocycles. The van der Waals surface area contributed by atoms with Gasteiger partial charge in [0.05, 0.1) is 6.10 Å². The fraction of sp³-hybridized carbons (Fsp3) is 0.450. The van der Waals surface area contributed by atoms with E-state index in [1.54, 1.807) is 0 Å². The second-order valence-corrected chi connectivity index (χ2v) is 6.64. The quantitative estimate of drug-likeness (QED) is 0.823. The van der Waals surface area contributed by atoms with E-state index < -0.39 is 0 Å². The van der Waals surface area contributed by atoms with Gasteiger partial charge in [0.1, 0.15) is 11.4 Å². The summed E-state index contributed by atoms with van der Waals surface area (Å²) in [6.45, 7) is 2.56. The Bertz CT molecular complexity index is 793. The molecule has 138 valence electrons. The number of hydrogen-bond donors (Lipinski definition) is 1. The first-order chi connectivity index (χ1) is 12.7. The minimum atomic E-state index is -0.334. The largest absolute Gasteiger partial charge is 0.490 e. The number of carbonyl (C=O) groups is 1. The summed E-state index contributed by atoms with van der Waals surface area (Å²) in [4.78, 5) is 24.2. The standard InChI is InChI=1S/C20H25N3O3/c1-2-3-14-23-19(24)13-12-18(22-23)20(25)21-15-8-10-17(11-9-15)26-16-6-4-5-7-16/h8-13,16H,2-7,14H2,1H3,(H,21,25). The molecule has 0 radical (unpaired) electrons. The average molecular weight is 355 g/mol. The Balaban J connectivity index is 1.63. The Morgan fingerprint density at radius 1 is 1.19 bits per heavy atom. The highest BCUT2D eigenvalue weighted by atomic mass is 16.5. The van der Waals surface area contributed by atoms with E-state index in [0.29, 0.717) is 18.3 Å². The molecule has 1 aliphatic rings. The minimum Gasteiger partial charge on any atom is -0.490 e. The Morgan fingerprint density at radius 3 is 2.62 bits per heavy atom. The van der Waals surface area contributed by atoms with Crippen LogP contribution < -0.4 is 15.6 Å². The van der Waals surface area contributed by atoms with Crippen LogP contribution in [0.1, 0.15) is 55.9 Å². The van der Waals surface area contributed by atoms with Gasteiger partial charge < -0.3 is 10.1 Å². The summed E-state index contributed by atoms with van der Waals surface area (Å²) in [6, 6.07) is 10.2. The monoisotopic (exact) mass is 355 g/mol. The number of anilines is 1. The normalized spacial score (nSPS) is 14.3. The third kappa shape index (κ3) is 4.71. The number of nitrogens with zero attached hydrogens (tertiary/aromatic N) is 2. The van der Waals surface area contributed by atoms with Gasteiger partial charge in [-0.3, -0.25) is 9.59 Å². The summed E-state index contributed by atoms with van der Waals surface area (Å²) in [7, 11) is 0. The molecule has 2 aromatic rings. The fourth-order valence-corrected chi connectivity index (χ4v) is 3.05. The van der Waals surface area contributed by atoms with Crippen LogP contribution in [-0.2, 0) is 6.54 Å². The van der Waals surface area contributed by atoms with Gasteiger partial charge in [-0.2, -0.15) is 5.10 Å². The van der Waals surface area contributed by atoms with E-state index in [4.69, 9.17) is 4.74 Å². The zero-order chi connectivity index (χ0) is 18.4. The number of amides is 1. The van der Waals surface area contributed by atoms with Crippen molar-refractivity contribution < 1.29 is 9.53 Å². The summed E-state index contributed by atoms with van der Waals surface area (Å²) < 4.78 is 7.27. The molecule has 0 aliphatic heterocycles. The van der Waals surface area contributed by atoms with E-state index in [2.05, 4.69) is 10.4 Å². The first kappa shape index (κ1) is 18.2. The van der Waals surface area contributed by atoms with Crippen LogP contribution in [0.5, 0.6) is 5.75 Å². The number of ether oxygens (including phenoxy) is 1. The molecule has 1 fully saturated rings. The van der Waals surface area contributed by atoms with Crippen molar-refractivity contribution >= 4 is 11.6 Å². The summed E-state index contributed by atoms with van der Waals surface area (Å²) in [5.74, 6) is 0.487. The van der Waals surface area contributed by atoms with Gasteiger partial charge in [-0.15, -0.1) is 0 Å². The van der Waals surface area contributed by atoms with Crippen molar-refractivity contribution in [1.29, 1.82) is 0 Å². The summed E-state index contributed by atoms with van der Waals surface area (Å²) in [6.07, 6.45) is 6.79. The number of benzene rings is 1. The van der Waals surface area contributed by atoms with E-state index >= 15 is 0 Å². The lowest BCUT2D eigenvalue weighted by molar-refractivity contribution is 0.101. The molecule has 0 spiro atoms. The lowest BCUT2D eigenvalue weighted by Gasteiger charge is -2.13. The molecule has 0 bridgehead atoms. The van der Waals surface area contributed by atoms with Gasteiger partial charge in [-0.05, 0) is 62.4 Å². The van der Waals surface area contributed by atoms with Crippen molar-refractivity contribution in [3.63, 3.8) is 0 Å². The SMILES string of the molecule is CCCCn1nc(C(=O)Nc2ccc(OC3CCCC3)cc2)ccc1=O. The van der Waals surface area contributed by atoms with Crippen LogP contribution in [0.3, 0.4) is 0 Å². The van der Waals surface area contributed by atoms with Crippen LogP contribution in [0.25, 0.3) is 0 Å². The highest BCUT2D eigenvalue weighted by Crippen LogP contribution is 2.25. The van der Waals surface area contributed by atoms with Crippen LogP contribution in [0.2, 0.25) is 0 Å². The molecule has 0 saturated heterocycles. The Kier molecular flexibility index (Phi) is 6.04. The predicted octanol–water partition coefficient (Wildman–Crippen LogP) is 3.62. The summed E-state index contributed by atoms with van der Waals surface area (Å²) >= 11 is 0. The van der Waals surface area contributed by atoms with Gasteiger partial charge in [-0.25, -0.2) is 4.68 Å². The maximum absolute atomic E-state index is 12.4. The molecule has 1 amide bonds. The second kappa shape index (κ2) is 8.65. The van der Waals surface area contributed by atoms with Gasteiger partial charge >= 0.3 is 0 Å². The molecule has 1 aliphatic carbocycles. The van der Waals surface area contributed by atoms with Crippen LogP contribution in [-0.4, -0.2) is 21.8 Å². The van der Waals surface area contributed by atoms with E-state index in [1.807, 2.05) is 31.2 Å². The second-order valence-electron chi connectivity index (χ2n) is 6.64. The molecule has 1 saturated carbocycles. The predicted molar refractivity (Wildman–Crippen MR) is 101 cm³/mol. The van der Waals surface area contributed by atoms with Gasteiger partial charge in [-0.1, -0.05) is 13.3 Å². The zero-order valence-electron chi connectivity index (χ0n) is 15.1. The van der Waals surface area contributed by atoms with Gasteiger partial charge in [0.25, 0.3) is 11.5 Å².